The molecule has 2 aliphatic rings. The molecule has 0 amide bonds. The van der Waals surface area contributed by atoms with E-state index in [-0.39, 0.29) is 24.0 Å². The van der Waals surface area contributed by atoms with Crippen LogP contribution in [0.4, 0.5) is 0 Å². The molecule has 3 rings (SSSR count). The van der Waals surface area contributed by atoms with Crippen molar-refractivity contribution in [2.75, 3.05) is 7.05 Å². The van der Waals surface area contributed by atoms with Gasteiger partial charge in [-0.3, -0.25) is 4.99 Å². The van der Waals surface area contributed by atoms with Gasteiger partial charge in [-0.2, -0.15) is 0 Å². The normalized spacial score (nSPS) is 31.1. The molecule has 2 N–H and O–H groups in total. The first-order valence-corrected chi connectivity index (χ1v) is 8.31. The van der Waals surface area contributed by atoms with Crippen LogP contribution in [0, 0.1) is 5.92 Å². The van der Waals surface area contributed by atoms with Gasteiger partial charge in [-0.25, -0.2) is 0 Å². The van der Waals surface area contributed by atoms with Gasteiger partial charge in [0.1, 0.15) is 0 Å². The Morgan fingerprint density at radius 2 is 1.86 bits per heavy atom. The van der Waals surface area contributed by atoms with Gasteiger partial charge in [-0.15, -0.1) is 24.0 Å². The summed E-state index contributed by atoms with van der Waals surface area (Å²) in [5.74, 6) is 2.47. The molecular formula is C18H28IN3. The molecule has 0 aromatic heterocycles. The molecule has 1 aromatic rings. The predicted octanol–water partition coefficient (Wildman–Crippen LogP) is 3.90. The molecule has 0 bridgehead atoms. The molecule has 4 atom stereocenters. The Hall–Kier alpha value is -0.780. The molecule has 1 aromatic carbocycles. The third kappa shape index (κ3) is 4.61. The minimum absolute atomic E-state index is 0. The Morgan fingerprint density at radius 1 is 1.09 bits per heavy atom. The fourth-order valence-corrected chi connectivity index (χ4v) is 3.53. The quantitative estimate of drug-likeness (QED) is 0.448. The lowest BCUT2D eigenvalue weighted by Crippen LogP contribution is -2.46. The molecule has 2 aliphatic carbocycles. The van der Waals surface area contributed by atoms with Crippen molar-refractivity contribution in [1.29, 1.82) is 0 Å². The van der Waals surface area contributed by atoms with Crippen LogP contribution in [0.15, 0.2) is 35.3 Å². The summed E-state index contributed by atoms with van der Waals surface area (Å²) in [4.78, 5) is 4.41. The van der Waals surface area contributed by atoms with E-state index in [9.17, 15) is 0 Å². The van der Waals surface area contributed by atoms with Crippen molar-refractivity contribution >= 4 is 29.9 Å². The van der Waals surface area contributed by atoms with Crippen LogP contribution < -0.4 is 10.6 Å². The van der Waals surface area contributed by atoms with Gasteiger partial charge >= 0.3 is 0 Å². The monoisotopic (exact) mass is 413 g/mol. The molecule has 0 heterocycles. The third-order valence-electron chi connectivity index (χ3n) is 4.84. The average molecular weight is 413 g/mol. The molecule has 2 saturated carbocycles. The summed E-state index contributed by atoms with van der Waals surface area (Å²) in [7, 11) is 1.88. The number of hydrogen-bond acceptors (Lipinski definition) is 1. The summed E-state index contributed by atoms with van der Waals surface area (Å²) in [5.41, 5.74) is 1.44. The zero-order chi connectivity index (χ0) is 14.7. The third-order valence-corrected chi connectivity index (χ3v) is 4.84. The minimum atomic E-state index is 0. The Balaban J connectivity index is 0.00000176. The number of rotatable bonds is 3. The Bertz CT molecular complexity index is 488. The molecule has 0 aliphatic heterocycles. The molecule has 0 saturated heterocycles. The van der Waals surface area contributed by atoms with Crippen LogP contribution in [0.3, 0.4) is 0 Å². The van der Waals surface area contributed by atoms with Crippen LogP contribution in [0.5, 0.6) is 0 Å². The summed E-state index contributed by atoms with van der Waals surface area (Å²) in [6.45, 7) is 2.36. The first-order valence-electron chi connectivity index (χ1n) is 8.31. The summed E-state index contributed by atoms with van der Waals surface area (Å²) < 4.78 is 0. The van der Waals surface area contributed by atoms with E-state index in [4.69, 9.17) is 0 Å². The second-order valence-electron chi connectivity index (χ2n) is 6.69. The molecule has 3 nitrogen and oxygen atoms in total. The van der Waals surface area contributed by atoms with Crippen LogP contribution in [0.1, 0.15) is 50.5 Å². The second-order valence-corrected chi connectivity index (χ2v) is 6.69. The van der Waals surface area contributed by atoms with E-state index in [1.807, 2.05) is 7.05 Å². The highest BCUT2D eigenvalue weighted by molar-refractivity contribution is 14.0. The number of nitrogens with zero attached hydrogens (tertiary/aromatic N) is 1. The lowest BCUT2D eigenvalue weighted by molar-refractivity contribution is 0.324. The molecule has 0 spiro atoms. The predicted molar refractivity (Wildman–Crippen MR) is 104 cm³/mol. The number of nitrogens with one attached hydrogen (secondary N) is 2. The first kappa shape index (κ1) is 17.6. The number of aliphatic imine (C=N–C) groups is 1. The van der Waals surface area contributed by atoms with Gasteiger partial charge in [0.05, 0.1) is 0 Å². The summed E-state index contributed by atoms with van der Waals surface area (Å²) >= 11 is 0. The topological polar surface area (TPSA) is 36.4 Å². The average Bonchev–Trinajstić information content (AvgIpc) is 3.27. The Morgan fingerprint density at radius 3 is 2.55 bits per heavy atom. The van der Waals surface area contributed by atoms with Crippen LogP contribution in [-0.4, -0.2) is 25.1 Å². The van der Waals surface area contributed by atoms with Crippen molar-refractivity contribution < 1.29 is 0 Å². The zero-order valence-electron chi connectivity index (χ0n) is 13.6. The van der Waals surface area contributed by atoms with Crippen molar-refractivity contribution in [1.82, 2.24) is 10.6 Å². The maximum absolute atomic E-state index is 4.41. The molecular weight excluding hydrogens is 385 g/mol. The van der Waals surface area contributed by atoms with Crippen LogP contribution in [-0.2, 0) is 0 Å². The molecule has 4 unspecified atom stereocenters. The summed E-state index contributed by atoms with van der Waals surface area (Å²) in [6, 6.07) is 11.9. The summed E-state index contributed by atoms with van der Waals surface area (Å²) in [5, 5.41) is 7.21. The number of benzene rings is 1. The molecule has 22 heavy (non-hydrogen) atoms. The molecule has 122 valence electrons. The SMILES string of the molecule is CN=C(NC1CCCC(C)C1)NC1CC1c1ccccc1.I. The van der Waals surface area contributed by atoms with Crippen molar-refractivity contribution in [3.05, 3.63) is 35.9 Å². The highest BCUT2D eigenvalue weighted by Gasteiger charge is 2.39. The standard InChI is InChI=1S/C18H27N3.HI/c1-13-7-6-10-15(11-13)20-18(19-2)21-17-12-16(17)14-8-4-3-5-9-14;/h3-5,8-9,13,15-17H,6-7,10-12H2,1-2H3,(H2,19,20,21);1H. The Kier molecular flexibility index (Phi) is 6.53. The molecule has 0 radical (unpaired) electrons. The van der Waals surface area contributed by atoms with E-state index in [0.29, 0.717) is 18.0 Å². The first-order chi connectivity index (χ1) is 10.3. The van der Waals surface area contributed by atoms with Crippen LogP contribution in [0.2, 0.25) is 0 Å². The van der Waals surface area contributed by atoms with E-state index in [1.165, 1.54) is 37.7 Å². The zero-order valence-corrected chi connectivity index (χ0v) is 15.9. The van der Waals surface area contributed by atoms with Gasteiger partial charge in [0, 0.05) is 25.0 Å². The van der Waals surface area contributed by atoms with E-state index in [1.54, 1.807) is 0 Å². The minimum Gasteiger partial charge on any atom is -0.354 e. The number of guanidine groups is 1. The molecule has 4 heteroatoms. The maximum Gasteiger partial charge on any atom is 0.191 e. The van der Waals surface area contributed by atoms with Gasteiger partial charge in [-0.1, -0.05) is 50.1 Å². The van der Waals surface area contributed by atoms with E-state index in [2.05, 4.69) is 52.9 Å². The van der Waals surface area contributed by atoms with Crippen molar-refractivity contribution in [3.63, 3.8) is 0 Å². The Labute approximate surface area is 151 Å². The van der Waals surface area contributed by atoms with Crippen molar-refractivity contribution in [2.45, 2.75) is 57.0 Å². The smallest absolute Gasteiger partial charge is 0.191 e. The fourth-order valence-electron chi connectivity index (χ4n) is 3.53. The second kappa shape index (κ2) is 8.18. The van der Waals surface area contributed by atoms with Gasteiger partial charge in [0.25, 0.3) is 0 Å². The lowest BCUT2D eigenvalue weighted by Gasteiger charge is -2.28. The van der Waals surface area contributed by atoms with Gasteiger partial charge < -0.3 is 10.6 Å². The van der Waals surface area contributed by atoms with Crippen LogP contribution in [0.25, 0.3) is 0 Å². The maximum atomic E-state index is 4.41. The number of hydrogen-bond donors (Lipinski definition) is 2. The highest BCUT2D eigenvalue weighted by Crippen LogP contribution is 2.40. The van der Waals surface area contributed by atoms with Crippen LogP contribution >= 0.6 is 24.0 Å². The van der Waals surface area contributed by atoms with Crippen molar-refractivity contribution in [3.8, 4) is 0 Å². The summed E-state index contributed by atoms with van der Waals surface area (Å²) in [6.07, 6.45) is 6.48. The van der Waals surface area contributed by atoms with E-state index >= 15 is 0 Å². The molecule has 2 fully saturated rings. The lowest BCUT2D eigenvalue weighted by atomic mass is 9.87. The number of halogens is 1. The fraction of sp³-hybridized carbons (Fsp3) is 0.611. The van der Waals surface area contributed by atoms with Crippen molar-refractivity contribution in [2.24, 2.45) is 10.9 Å². The van der Waals surface area contributed by atoms with Gasteiger partial charge in [0.2, 0.25) is 0 Å². The van der Waals surface area contributed by atoms with Gasteiger partial charge in [0.15, 0.2) is 5.96 Å². The van der Waals surface area contributed by atoms with E-state index < -0.39 is 0 Å². The largest absolute Gasteiger partial charge is 0.354 e. The van der Waals surface area contributed by atoms with E-state index in [0.717, 1.165) is 11.9 Å². The van der Waals surface area contributed by atoms with Gasteiger partial charge in [-0.05, 0) is 30.7 Å². The highest BCUT2D eigenvalue weighted by atomic mass is 127.